The molecule has 5 nitrogen and oxygen atoms in total. The molecule has 0 bridgehead atoms. The minimum Gasteiger partial charge on any atom is -0.369 e. The van der Waals surface area contributed by atoms with Crippen molar-refractivity contribution in [3.05, 3.63) is 90.0 Å². The van der Waals surface area contributed by atoms with Gasteiger partial charge in [0.15, 0.2) is 0 Å². The van der Waals surface area contributed by atoms with Crippen molar-refractivity contribution in [3.63, 3.8) is 0 Å². The van der Waals surface area contributed by atoms with E-state index in [1.54, 1.807) is 29.4 Å². The maximum atomic E-state index is 13.1. The average molecular weight is 417 g/mol. The van der Waals surface area contributed by atoms with Crippen LogP contribution in [-0.4, -0.2) is 34.8 Å². The van der Waals surface area contributed by atoms with Gasteiger partial charge in [0.2, 0.25) is 11.8 Å². The number of primary amides is 1. The number of rotatable bonds is 6. The molecule has 1 fully saturated rings. The molecule has 2 aromatic carbocycles. The Morgan fingerprint density at radius 2 is 1.55 bits per heavy atom. The van der Waals surface area contributed by atoms with Gasteiger partial charge in [-0.1, -0.05) is 36.4 Å². The number of pyridine rings is 1. The van der Waals surface area contributed by atoms with Crippen LogP contribution in [0.4, 0.5) is 4.39 Å². The van der Waals surface area contributed by atoms with Crippen LogP contribution in [0.3, 0.4) is 0 Å². The van der Waals surface area contributed by atoms with E-state index in [9.17, 15) is 14.0 Å². The molecule has 1 saturated heterocycles. The van der Waals surface area contributed by atoms with Gasteiger partial charge in [-0.15, -0.1) is 0 Å². The van der Waals surface area contributed by atoms with Gasteiger partial charge in [0.1, 0.15) is 5.82 Å². The van der Waals surface area contributed by atoms with Gasteiger partial charge in [-0.3, -0.25) is 14.6 Å². The van der Waals surface area contributed by atoms with Crippen LogP contribution in [0.2, 0.25) is 0 Å². The van der Waals surface area contributed by atoms with E-state index in [0.717, 1.165) is 22.3 Å². The van der Waals surface area contributed by atoms with E-state index in [2.05, 4.69) is 4.98 Å². The summed E-state index contributed by atoms with van der Waals surface area (Å²) >= 11 is 0. The number of amides is 2. The van der Waals surface area contributed by atoms with Crippen molar-refractivity contribution in [2.24, 2.45) is 11.1 Å². The van der Waals surface area contributed by atoms with Gasteiger partial charge in [0.25, 0.3) is 0 Å². The number of hydrogen-bond donors (Lipinski definition) is 1. The number of aromatic nitrogens is 1. The molecule has 31 heavy (non-hydrogen) atoms. The molecule has 2 N–H and O–H groups in total. The standard InChI is InChI=1S/C25H24FN3O2/c26-22-7-3-18(4-8-22)15-23(30)29-14-11-25(17-29,24(27)31)16-19-1-5-20(6-2-19)21-9-12-28-13-10-21/h1-10,12-13H,11,14-17H2,(H2,27,31)/t25-/m1/s1. The Balaban J connectivity index is 1.45. The molecule has 6 heteroatoms. The summed E-state index contributed by atoms with van der Waals surface area (Å²) in [7, 11) is 0. The lowest BCUT2D eigenvalue weighted by Gasteiger charge is -2.26. The van der Waals surface area contributed by atoms with Crippen LogP contribution < -0.4 is 5.73 Å². The SMILES string of the molecule is NC(=O)[C@@]1(Cc2ccc(-c3ccncc3)cc2)CCN(C(=O)Cc2ccc(F)cc2)C1. The molecule has 1 aliphatic heterocycles. The molecule has 0 radical (unpaired) electrons. The van der Waals surface area contributed by atoms with Gasteiger partial charge in [-0.25, -0.2) is 4.39 Å². The normalized spacial score (nSPS) is 18.2. The Morgan fingerprint density at radius 3 is 2.19 bits per heavy atom. The zero-order valence-electron chi connectivity index (χ0n) is 17.1. The highest BCUT2D eigenvalue weighted by atomic mass is 19.1. The Labute approximate surface area is 180 Å². The molecule has 0 aliphatic carbocycles. The second kappa shape index (κ2) is 8.68. The van der Waals surface area contributed by atoms with Crippen LogP contribution in [0.1, 0.15) is 17.5 Å². The lowest BCUT2D eigenvalue weighted by Crippen LogP contribution is -2.42. The van der Waals surface area contributed by atoms with Gasteiger partial charge >= 0.3 is 0 Å². The summed E-state index contributed by atoms with van der Waals surface area (Å²) in [6.07, 6.45) is 4.70. The number of carbonyl (C=O) groups excluding carboxylic acids is 2. The second-order valence-corrected chi connectivity index (χ2v) is 8.12. The van der Waals surface area contributed by atoms with Crippen molar-refractivity contribution in [3.8, 4) is 11.1 Å². The highest BCUT2D eigenvalue weighted by molar-refractivity contribution is 5.85. The van der Waals surface area contributed by atoms with Crippen molar-refractivity contribution in [1.29, 1.82) is 0 Å². The van der Waals surface area contributed by atoms with Crippen LogP contribution in [0.25, 0.3) is 11.1 Å². The molecule has 1 atom stereocenters. The zero-order chi connectivity index (χ0) is 21.8. The number of carbonyl (C=O) groups is 2. The Bertz CT molecular complexity index is 1070. The molecule has 2 amide bonds. The third kappa shape index (κ3) is 4.63. The van der Waals surface area contributed by atoms with Crippen LogP contribution >= 0.6 is 0 Å². The van der Waals surface area contributed by atoms with Crippen LogP contribution in [0.15, 0.2) is 73.1 Å². The molecule has 2 heterocycles. The number of nitrogens with two attached hydrogens (primary N) is 1. The number of hydrogen-bond acceptors (Lipinski definition) is 3. The summed E-state index contributed by atoms with van der Waals surface area (Å²) in [5.74, 6) is -0.800. The number of halogens is 1. The van der Waals surface area contributed by atoms with E-state index in [1.165, 1.54) is 12.1 Å². The van der Waals surface area contributed by atoms with E-state index in [0.29, 0.717) is 25.9 Å². The number of likely N-dealkylation sites (tertiary alicyclic amines) is 1. The predicted octanol–water partition coefficient (Wildman–Crippen LogP) is 3.38. The molecule has 0 saturated carbocycles. The summed E-state index contributed by atoms with van der Waals surface area (Å²) < 4.78 is 13.1. The molecule has 0 unspecified atom stereocenters. The van der Waals surface area contributed by atoms with Crippen LogP contribution in [0.5, 0.6) is 0 Å². The first-order chi connectivity index (χ1) is 14.9. The highest BCUT2D eigenvalue weighted by Gasteiger charge is 2.44. The first-order valence-corrected chi connectivity index (χ1v) is 10.3. The molecule has 0 spiro atoms. The van der Waals surface area contributed by atoms with Crippen LogP contribution in [-0.2, 0) is 22.4 Å². The molecular formula is C25H24FN3O2. The second-order valence-electron chi connectivity index (χ2n) is 8.12. The van der Waals surface area contributed by atoms with Gasteiger partial charge in [-0.05, 0) is 59.4 Å². The molecule has 3 aromatic rings. The fourth-order valence-electron chi connectivity index (χ4n) is 4.16. The van der Waals surface area contributed by atoms with Crippen molar-refractivity contribution in [2.75, 3.05) is 13.1 Å². The first-order valence-electron chi connectivity index (χ1n) is 10.3. The summed E-state index contributed by atoms with van der Waals surface area (Å²) in [4.78, 5) is 30.9. The van der Waals surface area contributed by atoms with E-state index in [1.807, 2.05) is 36.4 Å². The van der Waals surface area contributed by atoms with Crippen LogP contribution in [0, 0.1) is 11.2 Å². The van der Waals surface area contributed by atoms with E-state index >= 15 is 0 Å². The van der Waals surface area contributed by atoms with Gasteiger partial charge in [-0.2, -0.15) is 0 Å². The number of nitrogens with zero attached hydrogens (tertiary/aromatic N) is 2. The zero-order valence-corrected chi connectivity index (χ0v) is 17.1. The predicted molar refractivity (Wildman–Crippen MR) is 116 cm³/mol. The van der Waals surface area contributed by atoms with E-state index in [-0.39, 0.29) is 24.1 Å². The molecular weight excluding hydrogens is 393 g/mol. The largest absolute Gasteiger partial charge is 0.369 e. The summed E-state index contributed by atoms with van der Waals surface area (Å²) in [5.41, 5.74) is 8.92. The fourth-order valence-corrected chi connectivity index (χ4v) is 4.16. The topological polar surface area (TPSA) is 76.3 Å². The van der Waals surface area contributed by atoms with Gasteiger partial charge in [0.05, 0.1) is 11.8 Å². The maximum absolute atomic E-state index is 13.1. The quantitative estimate of drug-likeness (QED) is 0.668. The molecule has 1 aliphatic rings. The summed E-state index contributed by atoms with van der Waals surface area (Å²) in [6, 6.07) is 17.8. The first kappa shape index (κ1) is 20.7. The lowest BCUT2D eigenvalue weighted by molar-refractivity contribution is -0.131. The molecule has 1 aromatic heterocycles. The Morgan fingerprint density at radius 1 is 0.935 bits per heavy atom. The van der Waals surface area contributed by atoms with Crippen molar-refractivity contribution >= 4 is 11.8 Å². The Hall–Kier alpha value is -3.54. The fraction of sp³-hybridized carbons (Fsp3) is 0.240. The maximum Gasteiger partial charge on any atom is 0.227 e. The number of benzene rings is 2. The van der Waals surface area contributed by atoms with Crippen molar-refractivity contribution in [1.82, 2.24) is 9.88 Å². The minimum atomic E-state index is -0.781. The molecule has 158 valence electrons. The van der Waals surface area contributed by atoms with E-state index < -0.39 is 5.41 Å². The highest BCUT2D eigenvalue weighted by Crippen LogP contribution is 2.35. The van der Waals surface area contributed by atoms with Crippen molar-refractivity contribution < 1.29 is 14.0 Å². The minimum absolute atomic E-state index is 0.0808. The van der Waals surface area contributed by atoms with Gasteiger partial charge in [0, 0.05) is 25.5 Å². The average Bonchev–Trinajstić information content (AvgIpc) is 3.22. The Kier molecular flexibility index (Phi) is 5.80. The third-order valence-electron chi connectivity index (χ3n) is 6.01. The van der Waals surface area contributed by atoms with Gasteiger partial charge < -0.3 is 10.6 Å². The van der Waals surface area contributed by atoms with Crippen molar-refractivity contribution in [2.45, 2.75) is 19.3 Å². The summed E-state index contributed by atoms with van der Waals surface area (Å²) in [6.45, 7) is 0.784. The summed E-state index contributed by atoms with van der Waals surface area (Å²) in [5, 5.41) is 0. The molecule has 4 rings (SSSR count). The third-order valence-corrected chi connectivity index (χ3v) is 6.01. The monoisotopic (exact) mass is 417 g/mol. The smallest absolute Gasteiger partial charge is 0.227 e. The van der Waals surface area contributed by atoms with E-state index in [4.69, 9.17) is 5.73 Å². The lowest BCUT2D eigenvalue weighted by atomic mass is 9.80.